The maximum atomic E-state index is 13.9. The van der Waals surface area contributed by atoms with E-state index in [9.17, 15) is 18.9 Å². The molecule has 0 radical (unpaired) electrons. The molecule has 0 amide bonds. The molecule has 7 nitrogen and oxygen atoms in total. The van der Waals surface area contributed by atoms with Gasteiger partial charge in [-0.15, -0.1) is 0 Å². The molecule has 1 saturated carbocycles. The Morgan fingerprint density at radius 1 is 1.36 bits per heavy atom. The number of nitrogens with zero attached hydrogens (tertiary/aromatic N) is 3. The lowest BCUT2D eigenvalue weighted by Gasteiger charge is -2.20. The minimum atomic E-state index is -0.911. The van der Waals surface area contributed by atoms with Crippen molar-refractivity contribution >= 4 is 11.4 Å². The fraction of sp³-hybridized carbons (Fsp3) is 0.632. The lowest BCUT2D eigenvalue weighted by molar-refractivity contribution is -0.385. The number of hydrogen-bond acceptors (Lipinski definition) is 6. The van der Waals surface area contributed by atoms with E-state index in [4.69, 9.17) is 5.26 Å². The maximum absolute atomic E-state index is 13.9. The second kappa shape index (κ2) is 9.26. The molecule has 4 atom stereocenters. The second-order valence-electron chi connectivity index (χ2n) is 7.61. The van der Waals surface area contributed by atoms with E-state index < -0.39 is 16.9 Å². The molecule has 1 aliphatic carbocycles. The number of likely N-dealkylation sites (tertiary alicyclic amines) is 1. The fourth-order valence-corrected chi connectivity index (χ4v) is 4.10. The first-order chi connectivity index (χ1) is 13.5. The highest BCUT2D eigenvalue weighted by Crippen LogP contribution is 2.27. The van der Waals surface area contributed by atoms with Crippen LogP contribution in [0.2, 0.25) is 0 Å². The number of nitriles is 1. The van der Waals surface area contributed by atoms with E-state index in [2.05, 4.69) is 16.7 Å². The summed E-state index contributed by atoms with van der Waals surface area (Å²) in [6.45, 7) is 2.32. The number of nitrogens with one attached hydrogen (secondary N) is 2. The van der Waals surface area contributed by atoms with Crippen LogP contribution >= 0.6 is 0 Å². The van der Waals surface area contributed by atoms with E-state index in [0.29, 0.717) is 44.6 Å². The fourth-order valence-electron chi connectivity index (χ4n) is 4.10. The average molecular weight is 393 g/mol. The number of rotatable bonds is 8. The van der Waals surface area contributed by atoms with Crippen LogP contribution in [0.15, 0.2) is 18.2 Å². The maximum Gasteiger partial charge on any atom is 0.272 e. The number of nitro groups is 1. The Labute approximate surface area is 162 Å². The first kappa shape index (κ1) is 20.4. The SMILES string of the molecule is N#C[C@@H]1C[C@H](F)CN1CCN[C@@H]1CC[C@H](CNc2ccc([N+](=O)[O-])cc2F)C1. The molecule has 2 aliphatic rings. The molecule has 9 heteroatoms. The Morgan fingerprint density at radius 3 is 2.89 bits per heavy atom. The Morgan fingerprint density at radius 2 is 2.18 bits per heavy atom. The third-order valence-corrected chi connectivity index (χ3v) is 5.62. The van der Waals surface area contributed by atoms with E-state index in [1.807, 2.05) is 4.90 Å². The Hall–Kier alpha value is -2.31. The summed E-state index contributed by atoms with van der Waals surface area (Å²) in [7, 11) is 0. The van der Waals surface area contributed by atoms with Gasteiger partial charge in [0.1, 0.15) is 12.2 Å². The van der Waals surface area contributed by atoms with Gasteiger partial charge in [-0.1, -0.05) is 0 Å². The van der Waals surface area contributed by atoms with Gasteiger partial charge in [0, 0.05) is 44.7 Å². The van der Waals surface area contributed by atoms with Crippen LogP contribution in [0.3, 0.4) is 0 Å². The van der Waals surface area contributed by atoms with E-state index in [-0.39, 0.29) is 17.4 Å². The van der Waals surface area contributed by atoms with Crippen molar-refractivity contribution in [3.63, 3.8) is 0 Å². The van der Waals surface area contributed by atoms with Crippen LogP contribution in [-0.2, 0) is 0 Å². The van der Waals surface area contributed by atoms with E-state index in [0.717, 1.165) is 25.3 Å². The minimum Gasteiger partial charge on any atom is -0.382 e. The predicted molar refractivity (Wildman–Crippen MR) is 101 cm³/mol. The molecule has 2 fully saturated rings. The molecule has 1 heterocycles. The lowest BCUT2D eigenvalue weighted by atomic mass is 10.1. The van der Waals surface area contributed by atoms with Crippen LogP contribution in [0.25, 0.3) is 0 Å². The number of hydrogen-bond donors (Lipinski definition) is 2. The molecule has 1 aromatic rings. The normalized spacial score (nSPS) is 27.6. The van der Waals surface area contributed by atoms with Gasteiger partial charge in [-0.25, -0.2) is 8.78 Å². The molecule has 1 saturated heterocycles. The van der Waals surface area contributed by atoms with Gasteiger partial charge in [0.2, 0.25) is 0 Å². The minimum absolute atomic E-state index is 0.260. The number of halogens is 2. The summed E-state index contributed by atoms with van der Waals surface area (Å²) in [6.07, 6.45) is 2.37. The summed E-state index contributed by atoms with van der Waals surface area (Å²) in [5.41, 5.74) is 0.0169. The highest BCUT2D eigenvalue weighted by Gasteiger charge is 2.32. The first-order valence-electron chi connectivity index (χ1n) is 9.65. The quantitative estimate of drug-likeness (QED) is 0.521. The largest absolute Gasteiger partial charge is 0.382 e. The molecule has 0 unspecified atom stereocenters. The van der Waals surface area contributed by atoms with Crippen molar-refractivity contribution < 1.29 is 13.7 Å². The van der Waals surface area contributed by atoms with Crippen LogP contribution in [0.4, 0.5) is 20.2 Å². The zero-order valence-corrected chi connectivity index (χ0v) is 15.6. The Balaban J connectivity index is 1.38. The second-order valence-corrected chi connectivity index (χ2v) is 7.61. The average Bonchev–Trinajstić information content (AvgIpc) is 3.26. The van der Waals surface area contributed by atoms with Gasteiger partial charge in [0.25, 0.3) is 5.69 Å². The third-order valence-electron chi connectivity index (χ3n) is 5.62. The predicted octanol–water partition coefficient (Wildman–Crippen LogP) is 2.84. The number of benzene rings is 1. The molecule has 2 N–H and O–H groups in total. The van der Waals surface area contributed by atoms with Gasteiger partial charge < -0.3 is 10.6 Å². The lowest BCUT2D eigenvalue weighted by Crippen LogP contribution is -2.38. The molecule has 0 bridgehead atoms. The monoisotopic (exact) mass is 393 g/mol. The first-order valence-corrected chi connectivity index (χ1v) is 9.65. The van der Waals surface area contributed by atoms with Crippen LogP contribution in [0.5, 0.6) is 0 Å². The highest BCUT2D eigenvalue weighted by molar-refractivity contribution is 5.50. The zero-order valence-electron chi connectivity index (χ0n) is 15.6. The molecule has 3 rings (SSSR count). The van der Waals surface area contributed by atoms with Crippen molar-refractivity contribution in [2.45, 2.75) is 43.9 Å². The van der Waals surface area contributed by atoms with Gasteiger partial charge in [0.15, 0.2) is 5.82 Å². The number of anilines is 1. The van der Waals surface area contributed by atoms with Crippen LogP contribution in [0, 0.1) is 33.2 Å². The molecule has 0 spiro atoms. The molecule has 1 aliphatic heterocycles. The van der Waals surface area contributed by atoms with Gasteiger partial charge in [-0.2, -0.15) is 5.26 Å². The number of nitro benzene ring substituents is 1. The van der Waals surface area contributed by atoms with Gasteiger partial charge in [0.05, 0.1) is 22.7 Å². The summed E-state index contributed by atoms with van der Waals surface area (Å²) >= 11 is 0. The molecule has 1 aromatic carbocycles. The summed E-state index contributed by atoms with van der Waals surface area (Å²) in [5.74, 6) is -0.230. The topological polar surface area (TPSA) is 94.2 Å². The van der Waals surface area contributed by atoms with Crippen LogP contribution < -0.4 is 10.6 Å². The van der Waals surface area contributed by atoms with Crippen molar-refractivity contribution in [3.8, 4) is 6.07 Å². The van der Waals surface area contributed by atoms with Gasteiger partial charge in [-0.3, -0.25) is 15.0 Å². The molecular formula is C19H25F2N5O2. The molecule has 152 valence electrons. The van der Waals surface area contributed by atoms with E-state index in [1.54, 1.807) is 0 Å². The number of alkyl halides is 1. The smallest absolute Gasteiger partial charge is 0.272 e. The van der Waals surface area contributed by atoms with Crippen molar-refractivity contribution in [3.05, 3.63) is 34.1 Å². The molecular weight excluding hydrogens is 368 g/mol. The van der Waals surface area contributed by atoms with Crippen molar-refractivity contribution in [1.29, 1.82) is 5.26 Å². The summed E-state index contributed by atoms with van der Waals surface area (Å²) in [5, 5.41) is 26.3. The highest BCUT2D eigenvalue weighted by atomic mass is 19.1. The van der Waals surface area contributed by atoms with Crippen LogP contribution in [-0.4, -0.2) is 54.3 Å². The van der Waals surface area contributed by atoms with E-state index in [1.165, 1.54) is 12.1 Å². The summed E-state index contributed by atoms with van der Waals surface area (Å²) in [4.78, 5) is 11.9. The van der Waals surface area contributed by atoms with Gasteiger partial charge in [-0.05, 0) is 31.2 Å². The van der Waals surface area contributed by atoms with Gasteiger partial charge >= 0.3 is 0 Å². The zero-order chi connectivity index (χ0) is 20.1. The summed E-state index contributed by atoms with van der Waals surface area (Å²) < 4.78 is 27.4. The Kier molecular flexibility index (Phi) is 6.75. The van der Waals surface area contributed by atoms with Crippen molar-refractivity contribution in [2.24, 2.45) is 5.92 Å². The third kappa shape index (κ3) is 5.14. The Bertz CT molecular complexity index is 742. The van der Waals surface area contributed by atoms with Crippen molar-refractivity contribution in [1.82, 2.24) is 10.2 Å². The van der Waals surface area contributed by atoms with E-state index >= 15 is 0 Å². The standard InChI is InChI=1S/C19H25F2N5O2/c20-14-8-17(10-22)25(12-14)6-5-23-15-2-1-13(7-15)11-24-19-4-3-16(26(27)28)9-18(19)21/h3-4,9,13-15,17,23-24H,1-2,5-8,11-12H2/t13-,14-,15+,17-/m0/s1. The summed E-state index contributed by atoms with van der Waals surface area (Å²) in [6, 6.07) is 5.81. The van der Waals surface area contributed by atoms with Crippen LogP contribution in [0.1, 0.15) is 25.7 Å². The molecule has 28 heavy (non-hydrogen) atoms. The van der Waals surface area contributed by atoms with Crippen molar-refractivity contribution in [2.75, 3.05) is 31.5 Å². The number of non-ortho nitro benzene ring substituents is 1. The molecule has 0 aromatic heterocycles.